The van der Waals surface area contributed by atoms with E-state index in [1.54, 1.807) is 7.11 Å². The molecule has 0 fully saturated rings. The molecule has 0 aliphatic heterocycles. The zero-order chi connectivity index (χ0) is 14.6. The summed E-state index contributed by atoms with van der Waals surface area (Å²) in [7, 11) is 1.63. The highest BCUT2D eigenvalue weighted by Gasteiger charge is 2.04. The van der Waals surface area contributed by atoms with E-state index >= 15 is 0 Å². The maximum absolute atomic E-state index is 8.70. The Hall–Kier alpha value is -1.54. The fraction of sp³-hybridized carbons (Fsp3) is 0.500. The van der Waals surface area contributed by atoms with Gasteiger partial charge >= 0.3 is 0 Å². The Bertz CT molecular complexity index is 446. The quantitative estimate of drug-likeness (QED) is 0.583. The highest BCUT2D eigenvalue weighted by Crippen LogP contribution is 2.20. The van der Waals surface area contributed by atoms with Crippen LogP contribution in [0.25, 0.3) is 0 Å². The zero-order valence-corrected chi connectivity index (χ0v) is 12.1. The van der Waals surface area contributed by atoms with E-state index in [0.29, 0.717) is 19.8 Å². The molecular formula is C16H22O4. The van der Waals surface area contributed by atoms with E-state index in [2.05, 4.69) is 18.8 Å². The molecule has 1 N–H and O–H groups in total. The molecule has 0 amide bonds. The normalized spacial score (nSPS) is 9.95. The Morgan fingerprint density at radius 3 is 2.65 bits per heavy atom. The number of ether oxygens (including phenoxy) is 3. The molecule has 0 bridgehead atoms. The van der Waals surface area contributed by atoms with Crippen LogP contribution in [-0.2, 0) is 16.1 Å². The third-order valence-corrected chi connectivity index (χ3v) is 2.57. The summed E-state index contributed by atoms with van der Waals surface area (Å²) in [6.45, 7) is 4.29. The summed E-state index contributed by atoms with van der Waals surface area (Å²) < 4.78 is 16.2. The number of aliphatic hydroxyl groups is 1. The first-order valence-corrected chi connectivity index (χ1v) is 6.74. The molecule has 0 aliphatic carbocycles. The minimum Gasteiger partial charge on any atom is -0.496 e. The zero-order valence-electron chi connectivity index (χ0n) is 12.1. The van der Waals surface area contributed by atoms with Gasteiger partial charge in [-0.2, -0.15) is 0 Å². The molecule has 4 heteroatoms. The fourth-order valence-electron chi connectivity index (χ4n) is 1.66. The first-order chi connectivity index (χ1) is 9.81. The largest absolute Gasteiger partial charge is 0.496 e. The Morgan fingerprint density at radius 1 is 1.15 bits per heavy atom. The molecule has 20 heavy (non-hydrogen) atoms. The van der Waals surface area contributed by atoms with Crippen molar-refractivity contribution in [1.29, 1.82) is 0 Å². The van der Waals surface area contributed by atoms with E-state index in [-0.39, 0.29) is 6.61 Å². The van der Waals surface area contributed by atoms with E-state index < -0.39 is 0 Å². The summed E-state index contributed by atoms with van der Waals surface area (Å²) in [6.07, 6.45) is 1.01. The van der Waals surface area contributed by atoms with Crippen LogP contribution < -0.4 is 4.74 Å². The second-order valence-corrected chi connectivity index (χ2v) is 4.15. The van der Waals surface area contributed by atoms with E-state index in [1.807, 2.05) is 18.2 Å². The standard InChI is InChI=1S/C16H22O4/c1-3-9-19-10-11-20-13-15-12-14(5-4-8-17)6-7-16(15)18-2/h6-7,12,17H,3,8-11,13H2,1-2H3. The summed E-state index contributed by atoms with van der Waals surface area (Å²) in [5, 5.41) is 8.70. The van der Waals surface area contributed by atoms with Crippen LogP contribution in [0, 0.1) is 11.8 Å². The summed E-state index contributed by atoms with van der Waals surface area (Å²) in [6, 6.07) is 5.62. The first kappa shape index (κ1) is 16.5. The highest BCUT2D eigenvalue weighted by atomic mass is 16.5. The first-order valence-electron chi connectivity index (χ1n) is 6.74. The van der Waals surface area contributed by atoms with E-state index in [4.69, 9.17) is 19.3 Å². The van der Waals surface area contributed by atoms with Gasteiger partial charge in [-0.3, -0.25) is 0 Å². The molecule has 0 aromatic heterocycles. The van der Waals surface area contributed by atoms with Crippen LogP contribution in [0.1, 0.15) is 24.5 Å². The van der Waals surface area contributed by atoms with Gasteiger partial charge in [0.25, 0.3) is 0 Å². The number of hydrogen-bond donors (Lipinski definition) is 1. The molecule has 1 aromatic rings. The average molecular weight is 278 g/mol. The number of rotatable bonds is 8. The van der Waals surface area contributed by atoms with Crippen molar-refractivity contribution in [3.8, 4) is 17.6 Å². The van der Waals surface area contributed by atoms with E-state index in [1.165, 1.54) is 0 Å². The Morgan fingerprint density at radius 2 is 1.95 bits per heavy atom. The summed E-state index contributed by atoms with van der Waals surface area (Å²) in [5.41, 5.74) is 1.77. The van der Waals surface area contributed by atoms with Crippen LogP contribution >= 0.6 is 0 Å². The van der Waals surface area contributed by atoms with Gasteiger partial charge in [0.15, 0.2) is 0 Å². The maximum Gasteiger partial charge on any atom is 0.124 e. The number of benzene rings is 1. The molecule has 0 spiro atoms. The molecule has 0 heterocycles. The second-order valence-electron chi connectivity index (χ2n) is 4.15. The Balaban J connectivity index is 2.53. The molecule has 0 atom stereocenters. The lowest BCUT2D eigenvalue weighted by molar-refractivity contribution is 0.0402. The molecule has 1 rings (SSSR count). The third kappa shape index (κ3) is 6.07. The molecule has 0 saturated heterocycles. The summed E-state index contributed by atoms with van der Waals surface area (Å²) >= 11 is 0. The predicted molar refractivity (Wildman–Crippen MR) is 77.7 cm³/mol. The summed E-state index contributed by atoms with van der Waals surface area (Å²) in [5.74, 6) is 6.26. The Labute approximate surface area is 120 Å². The van der Waals surface area contributed by atoms with Crippen molar-refractivity contribution in [3.05, 3.63) is 29.3 Å². The molecule has 0 saturated carbocycles. The molecule has 0 aliphatic rings. The van der Waals surface area contributed by atoms with Crippen molar-refractivity contribution in [2.45, 2.75) is 20.0 Å². The van der Waals surface area contributed by atoms with E-state index in [9.17, 15) is 0 Å². The van der Waals surface area contributed by atoms with Gasteiger partial charge in [0.05, 0.1) is 26.9 Å². The molecular weight excluding hydrogens is 256 g/mol. The SMILES string of the molecule is CCCOCCOCc1cc(C#CCO)ccc1OC. The number of hydrogen-bond acceptors (Lipinski definition) is 4. The molecule has 110 valence electrons. The van der Waals surface area contributed by atoms with E-state index in [0.717, 1.165) is 29.9 Å². The lowest BCUT2D eigenvalue weighted by atomic mass is 10.1. The van der Waals surface area contributed by atoms with Gasteiger partial charge in [-0.25, -0.2) is 0 Å². The molecule has 1 aromatic carbocycles. The van der Waals surface area contributed by atoms with Crippen LogP contribution in [0.15, 0.2) is 18.2 Å². The van der Waals surface area contributed by atoms with Gasteiger partial charge in [0.2, 0.25) is 0 Å². The summed E-state index contributed by atoms with van der Waals surface area (Å²) in [4.78, 5) is 0. The number of methoxy groups -OCH3 is 1. The molecule has 4 nitrogen and oxygen atoms in total. The lowest BCUT2D eigenvalue weighted by Crippen LogP contribution is -2.05. The van der Waals surface area contributed by atoms with Crippen molar-refractivity contribution in [2.24, 2.45) is 0 Å². The average Bonchev–Trinajstić information content (AvgIpc) is 2.48. The molecule has 0 radical (unpaired) electrons. The smallest absolute Gasteiger partial charge is 0.124 e. The van der Waals surface area contributed by atoms with Crippen LogP contribution in [0.2, 0.25) is 0 Å². The van der Waals surface area contributed by atoms with Crippen molar-refractivity contribution >= 4 is 0 Å². The van der Waals surface area contributed by atoms with Gasteiger partial charge in [0.1, 0.15) is 12.4 Å². The van der Waals surface area contributed by atoms with Gasteiger partial charge in [-0.15, -0.1) is 0 Å². The minimum atomic E-state index is -0.146. The monoisotopic (exact) mass is 278 g/mol. The van der Waals surface area contributed by atoms with Crippen molar-refractivity contribution in [1.82, 2.24) is 0 Å². The van der Waals surface area contributed by atoms with Crippen molar-refractivity contribution in [2.75, 3.05) is 33.5 Å². The van der Waals surface area contributed by atoms with Crippen molar-refractivity contribution in [3.63, 3.8) is 0 Å². The van der Waals surface area contributed by atoms with Crippen LogP contribution in [0.5, 0.6) is 5.75 Å². The van der Waals surface area contributed by atoms with Crippen molar-refractivity contribution < 1.29 is 19.3 Å². The lowest BCUT2D eigenvalue weighted by Gasteiger charge is -2.10. The number of aliphatic hydroxyl groups excluding tert-OH is 1. The topological polar surface area (TPSA) is 47.9 Å². The Kier molecular flexibility index (Phi) is 8.48. The van der Waals surface area contributed by atoms with Gasteiger partial charge in [0, 0.05) is 17.7 Å². The van der Waals surface area contributed by atoms with Gasteiger partial charge in [-0.1, -0.05) is 18.8 Å². The predicted octanol–water partition coefficient (Wildman–Crippen LogP) is 1.98. The van der Waals surface area contributed by atoms with Crippen LogP contribution in [0.3, 0.4) is 0 Å². The maximum atomic E-state index is 8.70. The van der Waals surface area contributed by atoms with Gasteiger partial charge < -0.3 is 19.3 Å². The minimum absolute atomic E-state index is 0.146. The van der Waals surface area contributed by atoms with Crippen LogP contribution in [0.4, 0.5) is 0 Å². The molecule has 0 unspecified atom stereocenters. The highest BCUT2D eigenvalue weighted by molar-refractivity contribution is 5.44. The fourth-order valence-corrected chi connectivity index (χ4v) is 1.66. The second kappa shape index (κ2) is 10.3. The van der Waals surface area contributed by atoms with Gasteiger partial charge in [-0.05, 0) is 24.6 Å². The third-order valence-electron chi connectivity index (χ3n) is 2.57. The van der Waals surface area contributed by atoms with Crippen LogP contribution in [-0.4, -0.2) is 38.6 Å².